The van der Waals surface area contributed by atoms with E-state index in [1.807, 2.05) is 52.9 Å². The molecule has 0 aliphatic carbocycles. The van der Waals surface area contributed by atoms with Crippen LogP contribution in [0.25, 0.3) is 5.65 Å². The summed E-state index contributed by atoms with van der Waals surface area (Å²) in [6.07, 6.45) is 5.98. The third kappa shape index (κ3) is 4.25. The summed E-state index contributed by atoms with van der Waals surface area (Å²) in [6.45, 7) is 8.73. The van der Waals surface area contributed by atoms with Crippen LogP contribution in [-0.2, 0) is 0 Å². The van der Waals surface area contributed by atoms with E-state index in [-0.39, 0.29) is 5.91 Å². The van der Waals surface area contributed by atoms with E-state index in [1.165, 1.54) is 6.42 Å². The van der Waals surface area contributed by atoms with E-state index in [9.17, 15) is 4.79 Å². The second-order valence-electron chi connectivity index (χ2n) is 8.63. The van der Waals surface area contributed by atoms with Crippen molar-refractivity contribution in [3.63, 3.8) is 0 Å². The Balaban J connectivity index is 1.18. The third-order valence-electron chi connectivity index (χ3n) is 6.49. The second-order valence-corrected chi connectivity index (χ2v) is 8.63. The van der Waals surface area contributed by atoms with Gasteiger partial charge in [0.15, 0.2) is 5.65 Å². The third-order valence-corrected chi connectivity index (χ3v) is 6.49. The molecule has 8 nitrogen and oxygen atoms in total. The molecule has 1 atom stereocenters. The Kier molecular flexibility index (Phi) is 5.55. The predicted molar refractivity (Wildman–Crippen MR) is 119 cm³/mol. The Morgan fingerprint density at radius 2 is 1.94 bits per heavy atom. The number of hydrogen-bond donors (Lipinski definition) is 0. The van der Waals surface area contributed by atoms with Crippen LogP contribution < -0.4 is 4.90 Å². The molecule has 2 saturated heterocycles. The van der Waals surface area contributed by atoms with Crippen LogP contribution >= 0.6 is 0 Å². The molecular formula is C23H29N7O. The van der Waals surface area contributed by atoms with Gasteiger partial charge in [-0.1, -0.05) is 6.07 Å². The van der Waals surface area contributed by atoms with Crippen LogP contribution in [0.4, 0.5) is 5.82 Å². The number of likely N-dealkylation sites (tertiary alicyclic amines) is 1. The molecule has 0 radical (unpaired) electrons. The Morgan fingerprint density at radius 1 is 1.06 bits per heavy atom. The minimum atomic E-state index is 0.111. The van der Waals surface area contributed by atoms with Crippen molar-refractivity contribution in [2.45, 2.75) is 19.8 Å². The first kappa shape index (κ1) is 19.9. The molecule has 5 heterocycles. The van der Waals surface area contributed by atoms with Crippen molar-refractivity contribution in [1.29, 1.82) is 0 Å². The molecule has 162 valence electrons. The summed E-state index contributed by atoms with van der Waals surface area (Å²) >= 11 is 0. The van der Waals surface area contributed by atoms with Crippen LogP contribution in [0.3, 0.4) is 0 Å². The number of rotatable bonds is 4. The molecule has 2 fully saturated rings. The lowest BCUT2D eigenvalue weighted by Gasteiger charge is -2.39. The van der Waals surface area contributed by atoms with E-state index in [1.54, 1.807) is 0 Å². The lowest BCUT2D eigenvalue weighted by Crippen LogP contribution is -2.50. The molecule has 0 aromatic carbocycles. The highest BCUT2D eigenvalue weighted by atomic mass is 16.2. The lowest BCUT2D eigenvalue weighted by molar-refractivity contribution is 0.0636. The lowest BCUT2D eigenvalue weighted by atomic mass is 9.96. The molecule has 0 saturated carbocycles. The molecule has 8 heteroatoms. The number of amides is 1. The Morgan fingerprint density at radius 3 is 2.74 bits per heavy atom. The highest BCUT2D eigenvalue weighted by Crippen LogP contribution is 2.21. The van der Waals surface area contributed by atoms with E-state index in [2.05, 4.69) is 31.0 Å². The predicted octanol–water partition coefficient (Wildman–Crippen LogP) is 2.11. The van der Waals surface area contributed by atoms with E-state index < -0.39 is 0 Å². The fraction of sp³-hybridized carbons (Fsp3) is 0.478. The number of aryl methyl sites for hydroxylation is 1. The number of carbonyl (C=O) groups is 1. The standard InChI is InChI=1S/C23H29N7O/c1-18-25-26-22-8-7-20(17-30(18)22)23(31)29-10-4-5-19(16-29)15-27-11-13-28(14-12-27)21-6-2-3-9-24-21/h2-3,6-9,17,19H,4-5,10-16H2,1H3. The summed E-state index contributed by atoms with van der Waals surface area (Å²) in [4.78, 5) is 24.6. The van der Waals surface area contributed by atoms with Crippen molar-refractivity contribution in [3.8, 4) is 0 Å². The van der Waals surface area contributed by atoms with Crippen LogP contribution in [0, 0.1) is 12.8 Å². The minimum absolute atomic E-state index is 0.111. The van der Waals surface area contributed by atoms with Gasteiger partial charge in [-0.25, -0.2) is 4.98 Å². The van der Waals surface area contributed by atoms with Crippen molar-refractivity contribution in [1.82, 2.24) is 29.4 Å². The highest BCUT2D eigenvalue weighted by Gasteiger charge is 2.27. The molecule has 0 N–H and O–H groups in total. The van der Waals surface area contributed by atoms with Crippen LogP contribution in [0.5, 0.6) is 0 Å². The monoisotopic (exact) mass is 419 g/mol. The maximum atomic E-state index is 13.2. The fourth-order valence-electron chi connectivity index (χ4n) is 4.78. The molecule has 3 aromatic rings. The summed E-state index contributed by atoms with van der Waals surface area (Å²) in [5.74, 6) is 2.50. The van der Waals surface area contributed by atoms with Crippen LogP contribution in [-0.4, -0.2) is 81.1 Å². The molecular weight excluding hydrogens is 390 g/mol. The highest BCUT2D eigenvalue weighted by molar-refractivity contribution is 5.94. The first-order valence-corrected chi connectivity index (χ1v) is 11.2. The first-order valence-electron chi connectivity index (χ1n) is 11.2. The number of carbonyl (C=O) groups excluding carboxylic acids is 1. The van der Waals surface area contributed by atoms with Gasteiger partial charge in [0.2, 0.25) is 0 Å². The SMILES string of the molecule is Cc1nnc2ccc(C(=O)N3CCCC(CN4CCN(c5ccccn5)CC4)C3)cn12. The summed E-state index contributed by atoms with van der Waals surface area (Å²) in [6, 6.07) is 9.83. The number of piperidine rings is 1. The maximum Gasteiger partial charge on any atom is 0.255 e. The molecule has 2 aliphatic rings. The van der Waals surface area contributed by atoms with Gasteiger partial charge < -0.3 is 9.80 Å². The molecule has 3 aromatic heterocycles. The van der Waals surface area contributed by atoms with Crippen LogP contribution in [0.2, 0.25) is 0 Å². The number of hydrogen-bond acceptors (Lipinski definition) is 6. The average molecular weight is 420 g/mol. The summed E-state index contributed by atoms with van der Waals surface area (Å²) < 4.78 is 1.88. The smallest absolute Gasteiger partial charge is 0.255 e. The van der Waals surface area contributed by atoms with E-state index in [0.717, 1.165) is 69.5 Å². The molecule has 1 unspecified atom stereocenters. The normalized spacial score (nSPS) is 20.4. The van der Waals surface area contributed by atoms with E-state index >= 15 is 0 Å². The number of fused-ring (bicyclic) bond motifs is 1. The topological polar surface area (TPSA) is 69.9 Å². The second kappa shape index (κ2) is 8.63. The fourth-order valence-corrected chi connectivity index (χ4v) is 4.78. The summed E-state index contributed by atoms with van der Waals surface area (Å²) in [5, 5.41) is 8.19. The Labute approximate surface area is 182 Å². The van der Waals surface area contributed by atoms with Gasteiger partial charge in [0.05, 0.1) is 5.56 Å². The van der Waals surface area contributed by atoms with Gasteiger partial charge in [0, 0.05) is 58.2 Å². The van der Waals surface area contributed by atoms with Gasteiger partial charge in [-0.05, 0) is 49.9 Å². The molecule has 1 amide bonds. The number of nitrogens with zero attached hydrogens (tertiary/aromatic N) is 7. The Bertz CT molecular complexity index is 1040. The summed E-state index contributed by atoms with van der Waals surface area (Å²) in [7, 11) is 0. The van der Waals surface area contributed by atoms with Crippen molar-refractivity contribution >= 4 is 17.4 Å². The van der Waals surface area contributed by atoms with Gasteiger partial charge in [-0.3, -0.25) is 14.1 Å². The van der Waals surface area contributed by atoms with Crippen LogP contribution in [0.1, 0.15) is 29.0 Å². The quantitative estimate of drug-likeness (QED) is 0.645. The van der Waals surface area contributed by atoms with Gasteiger partial charge >= 0.3 is 0 Å². The van der Waals surface area contributed by atoms with Gasteiger partial charge in [-0.2, -0.15) is 0 Å². The zero-order valence-electron chi connectivity index (χ0n) is 18.0. The zero-order valence-corrected chi connectivity index (χ0v) is 18.0. The van der Waals surface area contributed by atoms with Crippen molar-refractivity contribution in [2.24, 2.45) is 5.92 Å². The van der Waals surface area contributed by atoms with Crippen LogP contribution in [0.15, 0.2) is 42.7 Å². The largest absolute Gasteiger partial charge is 0.354 e. The van der Waals surface area contributed by atoms with E-state index in [4.69, 9.17) is 0 Å². The van der Waals surface area contributed by atoms with Gasteiger partial charge in [0.25, 0.3) is 5.91 Å². The molecule has 31 heavy (non-hydrogen) atoms. The van der Waals surface area contributed by atoms with Gasteiger partial charge in [0.1, 0.15) is 11.6 Å². The van der Waals surface area contributed by atoms with E-state index in [0.29, 0.717) is 11.5 Å². The minimum Gasteiger partial charge on any atom is -0.354 e. The number of piperazine rings is 1. The number of pyridine rings is 2. The molecule has 5 rings (SSSR count). The van der Waals surface area contributed by atoms with Crippen molar-refractivity contribution in [3.05, 3.63) is 54.1 Å². The number of anilines is 1. The first-order chi connectivity index (χ1) is 15.2. The van der Waals surface area contributed by atoms with Gasteiger partial charge in [-0.15, -0.1) is 10.2 Å². The zero-order chi connectivity index (χ0) is 21.2. The number of aromatic nitrogens is 4. The maximum absolute atomic E-state index is 13.2. The average Bonchev–Trinajstić information content (AvgIpc) is 3.20. The van der Waals surface area contributed by atoms with Crippen molar-refractivity contribution in [2.75, 3.05) is 50.7 Å². The molecule has 0 spiro atoms. The Hall–Kier alpha value is -3.00. The molecule has 2 aliphatic heterocycles. The summed E-state index contributed by atoms with van der Waals surface area (Å²) in [5.41, 5.74) is 1.48. The molecule has 0 bridgehead atoms. The van der Waals surface area contributed by atoms with Crippen molar-refractivity contribution < 1.29 is 4.79 Å².